The first kappa shape index (κ1) is 20.1. The smallest absolute Gasteiger partial charge is 0.229 e. The molecule has 2 aromatic rings. The van der Waals surface area contributed by atoms with Crippen molar-refractivity contribution in [2.45, 2.75) is 39.2 Å². The Hall–Kier alpha value is -2.16. The molecule has 29 heavy (non-hydrogen) atoms. The molecule has 0 spiro atoms. The highest BCUT2D eigenvalue weighted by molar-refractivity contribution is 7.12. The summed E-state index contributed by atoms with van der Waals surface area (Å²) in [5, 5.41) is 3.38. The number of hydrogen-bond acceptors (Lipinski definition) is 8. The van der Waals surface area contributed by atoms with Gasteiger partial charge < -0.3 is 24.6 Å². The zero-order valence-electron chi connectivity index (χ0n) is 17.4. The number of nitrogens with one attached hydrogen (secondary N) is 1. The molecule has 0 saturated carbocycles. The largest absolute Gasteiger partial charge is 0.381 e. The number of aromatic nitrogens is 2. The molecule has 2 aliphatic heterocycles. The lowest BCUT2D eigenvalue weighted by Gasteiger charge is -2.34. The summed E-state index contributed by atoms with van der Waals surface area (Å²) in [6.45, 7) is 6.87. The summed E-state index contributed by atoms with van der Waals surface area (Å²) < 4.78 is 11.4. The van der Waals surface area contributed by atoms with Crippen LogP contribution in [0.2, 0.25) is 0 Å². The van der Waals surface area contributed by atoms with Crippen molar-refractivity contribution in [2.24, 2.45) is 0 Å². The Bertz CT molecular complexity index is 865. The molecular formula is C21H31N5O2S. The molecule has 5 rings (SSSR count). The van der Waals surface area contributed by atoms with Gasteiger partial charge in [0.15, 0.2) is 5.82 Å². The van der Waals surface area contributed by atoms with Gasteiger partial charge in [-0.1, -0.05) is 12.2 Å². The van der Waals surface area contributed by atoms with Gasteiger partial charge in [-0.3, -0.25) is 0 Å². The number of thiophene rings is 1. The molecule has 1 N–H and O–H groups in total. The normalized spacial score (nSPS) is 18.6. The first-order chi connectivity index (χ1) is 14.1. The zero-order valence-corrected chi connectivity index (χ0v) is 18.2. The van der Waals surface area contributed by atoms with Crippen LogP contribution in [0.25, 0.3) is 0 Å². The second kappa shape index (κ2) is 9.11. The Morgan fingerprint density at radius 3 is 2.59 bits per heavy atom. The van der Waals surface area contributed by atoms with E-state index in [9.17, 15) is 0 Å². The first-order valence-corrected chi connectivity index (χ1v) is 10.9. The lowest BCUT2D eigenvalue weighted by molar-refractivity contribution is 0.0713. The molecule has 0 amide bonds. The van der Waals surface area contributed by atoms with Crippen molar-refractivity contribution in [3.8, 4) is 0 Å². The molecule has 1 aliphatic carbocycles. The van der Waals surface area contributed by atoms with Crippen LogP contribution in [0.3, 0.4) is 0 Å². The van der Waals surface area contributed by atoms with E-state index < -0.39 is 0 Å². The van der Waals surface area contributed by atoms with Crippen molar-refractivity contribution in [3.05, 3.63) is 34.2 Å². The van der Waals surface area contributed by atoms with E-state index in [0.29, 0.717) is 25.5 Å². The molecular weight excluding hydrogens is 386 g/mol. The fourth-order valence-corrected chi connectivity index (χ4v) is 4.34. The van der Waals surface area contributed by atoms with Crippen LogP contribution < -0.4 is 15.1 Å². The summed E-state index contributed by atoms with van der Waals surface area (Å²) in [7, 11) is 2.01. The van der Waals surface area contributed by atoms with E-state index in [2.05, 4.69) is 52.2 Å². The van der Waals surface area contributed by atoms with E-state index >= 15 is 0 Å². The number of anilines is 4. The fourth-order valence-electron chi connectivity index (χ4n) is 3.46. The zero-order chi connectivity index (χ0) is 20.2. The molecule has 0 bridgehead atoms. The minimum Gasteiger partial charge on any atom is -0.381 e. The van der Waals surface area contributed by atoms with Gasteiger partial charge in [0.25, 0.3) is 0 Å². The Morgan fingerprint density at radius 1 is 1.17 bits per heavy atom. The predicted molar refractivity (Wildman–Crippen MR) is 121 cm³/mol. The van der Waals surface area contributed by atoms with Crippen molar-refractivity contribution < 1.29 is 10.9 Å². The lowest BCUT2D eigenvalue weighted by Crippen LogP contribution is -2.41. The molecule has 0 unspecified atom stereocenters. The van der Waals surface area contributed by atoms with Gasteiger partial charge in [0.2, 0.25) is 5.95 Å². The second-order valence-electron chi connectivity index (χ2n) is 7.54. The van der Waals surface area contributed by atoms with Gasteiger partial charge in [-0.25, -0.2) is 4.98 Å². The van der Waals surface area contributed by atoms with Crippen LogP contribution in [-0.2, 0) is 9.47 Å². The number of aryl methyl sites for hydroxylation is 2. The van der Waals surface area contributed by atoms with Crippen LogP contribution in [0.15, 0.2) is 24.4 Å². The van der Waals surface area contributed by atoms with Crippen molar-refractivity contribution in [3.63, 3.8) is 0 Å². The summed E-state index contributed by atoms with van der Waals surface area (Å²) in [4.78, 5) is 16.2. The maximum atomic E-state index is 5.86. The van der Waals surface area contributed by atoms with E-state index in [4.69, 9.17) is 14.5 Å². The van der Waals surface area contributed by atoms with Gasteiger partial charge in [0.05, 0.1) is 11.9 Å². The number of rotatable bonds is 3. The number of ether oxygens (including phenoxy) is 2. The number of allylic oxidation sites excluding steroid dienone is 2. The van der Waals surface area contributed by atoms with Crippen LogP contribution in [0.5, 0.6) is 0 Å². The van der Waals surface area contributed by atoms with Crippen LogP contribution in [0.4, 0.5) is 23.1 Å². The van der Waals surface area contributed by atoms with Crippen molar-refractivity contribution >= 4 is 34.5 Å². The molecule has 1 fully saturated rings. The van der Waals surface area contributed by atoms with Gasteiger partial charge in [0.1, 0.15) is 19.1 Å². The Kier molecular flexibility index (Phi) is 6.32. The predicted octanol–water partition coefficient (Wildman–Crippen LogP) is 4.46. The Morgan fingerprint density at radius 2 is 1.93 bits per heavy atom. The Balaban J connectivity index is 0.000000589. The summed E-state index contributed by atoms with van der Waals surface area (Å²) in [6.07, 6.45) is 9.37. The third-order valence-corrected chi connectivity index (χ3v) is 6.07. The van der Waals surface area contributed by atoms with E-state index in [0.717, 1.165) is 43.2 Å². The van der Waals surface area contributed by atoms with Crippen molar-refractivity contribution in [1.82, 2.24) is 9.97 Å². The number of hydrogen-bond donors (Lipinski definition) is 1. The monoisotopic (exact) mass is 417 g/mol. The van der Waals surface area contributed by atoms with Gasteiger partial charge >= 0.3 is 0 Å². The standard InChI is InChI=1S/C18H25N5O2S.C3H4.H2/c1-12-8-15(13(2)26-12)20-18-19-9-16-17(21-18)23(11-25-10-22(16)3)14-4-6-24-7-5-14;1-2-3-1;/h8-9,14H,4-7,10-11H2,1-3H3,(H,19,20,21);1-2H,3H2;1H. The van der Waals surface area contributed by atoms with Crippen LogP contribution >= 0.6 is 11.3 Å². The topological polar surface area (TPSA) is 62.8 Å². The molecule has 158 valence electrons. The molecule has 0 aromatic carbocycles. The minimum absolute atomic E-state index is 0. The summed E-state index contributed by atoms with van der Waals surface area (Å²) in [5.41, 5.74) is 2.07. The van der Waals surface area contributed by atoms with Gasteiger partial charge in [0, 0.05) is 37.5 Å². The summed E-state index contributed by atoms with van der Waals surface area (Å²) >= 11 is 1.77. The third-order valence-electron chi connectivity index (χ3n) is 5.10. The molecule has 8 heteroatoms. The first-order valence-electron chi connectivity index (χ1n) is 10.1. The Labute approximate surface area is 177 Å². The van der Waals surface area contributed by atoms with Crippen LogP contribution in [-0.4, -0.2) is 49.7 Å². The molecule has 0 radical (unpaired) electrons. The molecule has 7 nitrogen and oxygen atoms in total. The quantitative estimate of drug-likeness (QED) is 0.740. The highest BCUT2D eigenvalue weighted by atomic mass is 32.1. The lowest BCUT2D eigenvalue weighted by atomic mass is 10.1. The molecule has 3 aliphatic rings. The molecule has 0 atom stereocenters. The fraction of sp³-hybridized carbons (Fsp3) is 0.524. The average molecular weight is 418 g/mol. The van der Waals surface area contributed by atoms with E-state index in [1.807, 2.05) is 13.2 Å². The summed E-state index contributed by atoms with van der Waals surface area (Å²) in [6, 6.07) is 2.52. The van der Waals surface area contributed by atoms with Gasteiger partial charge in [-0.2, -0.15) is 4.98 Å². The van der Waals surface area contributed by atoms with E-state index in [1.165, 1.54) is 16.2 Å². The van der Waals surface area contributed by atoms with Crippen molar-refractivity contribution in [1.29, 1.82) is 0 Å². The highest BCUT2D eigenvalue weighted by Gasteiger charge is 2.29. The average Bonchev–Trinajstić information content (AvgIpc) is 3.57. The number of fused-ring (bicyclic) bond motifs is 1. The van der Waals surface area contributed by atoms with E-state index in [-0.39, 0.29) is 1.43 Å². The maximum absolute atomic E-state index is 5.86. The number of nitrogens with zero attached hydrogens (tertiary/aromatic N) is 4. The van der Waals surface area contributed by atoms with Crippen LogP contribution in [0.1, 0.15) is 30.4 Å². The van der Waals surface area contributed by atoms with Crippen LogP contribution in [0, 0.1) is 13.8 Å². The van der Waals surface area contributed by atoms with Gasteiger partial charge in [-0.15, -0.1) is 11.3 Å². The van der Waals surface area contributed by atoms with E-state index in [1.54, 1.807) is 11.3 Å². The molecule has 4 heterocycles. The second-order valence-corrected chi connectivity index (χ2v) is 9.00. The highest BCUT2D eigenvalue weighted by Crippen LogP contribution is 2.34. The summed E-state index contributed by atoms with van der Waals surface area (Å²) in [5.74, 6) is 1.55. The van der Waals surface area contributed by atoms with Gasteiger partial charge in [-0.05, 0) is 39.2 Å². The third kappa shape index (κ3) is 5.07. The molecule has 2 aromatic heterocycles. The maximum Gasteiger partial charge on any atom is 0.229 e. The minimum atomic E-state index is 0. The van der Waals surface area contributed by atoms with Crippen molar-refractivity contribution in [2.75, 3.05) is 48.8 Å². The SMILES string of the molecule is C1=CC1.Cc1cc(Nc2ncc3c(n2)N(C2CCOCC2)COCN3C)c(C)s1.[HH]. The molecule has 1 saturated heterocycles.